The number of aryl methyl sites for hydroxylation is 1. The first-order valence-corrected chi connectivity index (χ1v) is 6.86. The molecule has 1 aliphatic heterocycles. The van der Waals surface area contributed by atoms with E-state index < -0.39 is 29.7 Å². The summed E-state index contributed by atoms with van der Waals surface area (Å²) in [5, 5.41) is 11.8. The number of nitrogens with zero attached hydrogens (tertiary/aromatic N) is 1. The Kier molecular flexibility index (Phi) is 5.11. The zero-order chi connectivity index (χ0) is 16.3. The smallest absolute Gasteiger partial charge is 0.330 e. The summed E-state index contributed by atoms with van der Waals surface area (Å²) in [7, 11) is 1.49. The van der Waals surface area contributed by atoms with Crippen molar-refractivity contribution in [1.29, 1.82) is 0 Å². The predicted octanol–water partition coefficient (Wildman–Crippen LogP) is -1.74. The topological polar surface area (TPSA) is 123 Å². The molecule has 0 spiro atoms. The van der Waals surface area contributed by atoms with Crippen molar-refractivity contribution >= 4 is 5.91 Å². The third-order valence-electron chi connectivity index (χ3n) is 3.52. The summed E-state index contributed by atoms with van der Waals surface area (Å²) in [6.07, 6.45) is -0.148. The molecule has 1 aliphatic rings. The number of aromatic amines is 1. The molecule has 0 aromatic carbocycles. The number of aromatic nitrogens is 2. The monoisotopic (exact) mass is 313 g/mol. The third kappa shape index (κ3) is 3.43. The first-order chi connectivity index (χ1) is 10.5. The second-order valence-electron chi connectivity index (χ2n) is 5.05. The lowest BCUT2D eigenvalue weighted by Gasteiger charge is -2.16. The normalized spacial score (nSPS) is 24.4. The van der Waals surface area contributed by atoms with Crippen molar-refractivity contribution in [2.45, 2.75) is 31.8 Å². The van der Waals surface area contributed by atoms with E-state index in [2.05, 4.69) is 10.3 Å². The quantitative estimate of drug-likeness (QED) is 0.593. The van der Waals surface area contributed by atoms with Crippen LogP contribution in [0.4, 0.5) is 0 Å². The van der Waals surface area contributed by atoms with Gasteiger partial charge in [0.25, 0.3) is 5.56 Å². The van der Waals surface area contributed by atoms with Gasteiger partial charge in [0.1, 0.15) is 18.9 Å². The number of amides is 1. The number of carbonyl (C=O) groups excluding carboxylic acids is 1. The van der Waals surface area contributed by atoms with Crippen LogP contribution < -0.4 is 16.6 Å². The Morgan fingerprint density at radius 3 is 2.95 bits per heavy atom. The van der Waals surface area contributed by atoms with Gasteiger partial charge in [-0.25, -0.2) is 4.79 Å². The van der Waals surface area contributed by atoms with Crippen molar-refractivity contribution < 1.29 is 19.4 Å². The van der Waals surface area contributed by atoms with Crippen LogP contribution in [0.3, 0.4) is 0 Å². The SMILES string of the molecule is CNC(=O)COC1CC(n2cc(C)c(=O)[nH]c2=O)OC1CO. The summed E-state index contributed by atoms with van der Waals surface area (Å²) in [5.74, 6) is -0.294. The highest BCUT2D eigenvalue weighted by atomic mass is 16.6. The van der Waals surface area contributed by atoms with E-state index >= 15 is 0 Å². The molecule has 0 radical (unpaired) electrons. The standard InChI is InChI=1S/C13H19N3O6/c1-7-4-16(13(20)15-12(7)19)11-3-8(9(5-17)22-11)21-6-10(18)14-2/h4,8-9,11,17H,3,5-6H2,1-2H3,(H,14,18)(H,15,19,20). The van der Waals surface area contributed by atoms with Gasteiger partial charge in [-0.3, -0.25) is 19.1 Å². The van der Waals surface area contributed by atoms with Crippen molar-refractivity contribution in [2.24, 2.45) is 0 Å². The van der Waals surface area contributed by atoms with E-state index in [-0.39, 0.29) is 25.5 Å². The summed E-state index contributed by atoms with van der Waals surface area (Å²) in [6.45, 7) is 1.12. The zero-order valence-corrected chi connectivity index (χ0v) is 12.4. The molecule has 3 unspecified atom stereocenters. The maximum Gasteiger partial charge on any atom is 0.330 e. The number of carbonyl (C=O) groups is 1. The summed E-state index contributed by atoms with van der Waals surface area (Å²) < 4.78 is 12.3. The molecule has 9 heteroatoms. The predicted molar refractivity (Wildman–Crippen MR) is 75.5 cm³/mol. The van der Waals surface area contributed by atoms with Crippen molar-refractivity contribution in [3.05, 3.63) is 32.6 Å². The van der Waals surface area contributed by atoms with E-state index in [9.17, 15) is 19.5 Å². The van der Waals surface area contributed by atoms with Gasteiger partial charge in [0.2, 0.25) is 5.91 Å². The highest BCUT2D eigenvalue weighted by Gasteiger charge is 2.37. The molecule has 2 rings (SSSR count). The largest absolute Gasteiger partial charge is 0.394 e. The Hall–Kier alpha value is -1.97. The van der Waals surface area contributed by atoms with Crippen LogP contribution >= 0.6 is 0 Å². The number of aliphatic hydroxyl groups excluding tert-OH is 1. The molecule has 0 bridgehead atoms. The van der Waals surface area contributed by atoms with E-state index in [1.165, 1.54) is 17.8 Å². The Morgan fingerprint density at radius 1 is 1.59 bits per heavy atom. The maximum atomic E-state index is 11.9. The van der Waals surface area contributed by atoms with Gasteiger partial charge >= 0.3 is 5.69 Å². The molecule has 3 N–H and O–H groups in total. The van der Waals surface area contributed by atoms with Crippen molar-refractivity contribution in [3.63, 3.8) is 0 Å². The molecule has 9 nitrogen and oxygen atoms in total. The Bertz CT molecular complexity index is 652. The summed E-state index contributed by atoms with van der Waals surface area (Å²) in [4.78, 5) is 36.6. The molecule has 1 aromatic heterocycles. The van der Waals surface area contributed by atoms with Crippen molar-refractivity contribution in [2.75, 3.05) is 20.3 Å². The van der Waals surface area contributed by atoms with Gasteiger partial charge in [-0.15, -0.1) is 0 Å². The number of rotatable bonds is 5. The highest BCUT2D eigenvalue weighted by molar-refractivity contribution is 5.76. The van der Waals surface area contributed by atoms with Crippen LogP contribution in [0.25, 0.3) is 0 Å². The highest BCUT2D eigenvalue weighted by Crippen LogP contribution is 2.29. The lowest BCUT2D eigenvalue weighted by molar-refractivity contribution is -0.129. The van der Waals surface area contributed by atoms with Crippen LogP contribution in [0.5, 0.6) is 0 Å². The lowest BCUT2D eigenvalue weighted by atomic mass is 10.2. The van der Waals surface area contributed by atoms with E-state index in [4.69, 9.17) is 9.47 Å². The molecule has 1 amide bonds. The summed E-state index contributed by atoms with van der Waals surface area (Å²) >= 11 is 0. The minimum absolute atomic E-state index is 0.159. The molecule has 1 fully saturated rings. The Balaban J connectivity index is 2.14. The number of aliphatic hydroxyl groups is 1. The van der Waals surface area contributed by atoms with Crippen molar-refractivity contribution in [1.82, 2.24) is 14.9 Å². The molecular weight excluding hydrogens is 294 g/mol. The van der Waals surface area contributed by atoms with E-state index in [1.807, 2.05) is 0 Å². The van der Waals surface area contributed by atoms with Crippen LogP contribution in [0.15, 0.2) is 15.8 Å². The number of H-pyrrole nitrogens is 1. The molecule has 122 valence electrons. The van der Waals surface area contributed by atoms with Crippen LogP contribution in [-0.4, -0.2) is 53.0 Å². The van der Waals surface area contributed by atoms with Gasteiger partial charge in [0, 0.05) is 25.2 Å². The first-order valence-electron chi connectivity index (χ1n) is 6.86. The number of likely N-dealkylation sites (N-methyl/N-ethyl adjacent to an activating group) is 1. The number of ether oxygens (including phenoxy) is 2. The molecule has 1 saturated heterocycles. The number of nitrogens with one attached hydrogen (secondary N) is 2. The molecular formula is C13H19N3O6. The fourth-order valence-corrected chi connectivity index (χ4v) is 2.27. The second-order valence-corrected chi connectivity index (χ2v) is 5.05. The average Bonchev–Trinajstić information content (AvgIpc) is 2.91. The Morgan fingerprint density at radius 2 is 2.32 bits per heavy atom. The number of hydrogen-bond donors (Lipinski definition) is 3. The van der Waals surface area contributed by atoms with Gasteiger partial charge in [0.15, 0.2) is 0 Å². The minimum atomic E-state index is -0.671. The average molecular weight is 313 g/mol. The van der Waals surface area contributed by atoms with Crippen LogP contribution in [0, 0.1) is 6.92 Å². The molecule has 3 atom stereocenters. The van der Waals surface area contributed by atoms with Gasteiger partial charge < -0.3 is 19.9 Å². The van der Waals surface area contributed by atoms with E-state index in [1.54, 1.807) is 6.92 Å². The molecule has 0 aliphatic carbocycles. The van der Waals surface area contributed by atoms with Crippen LogP contribution in [-0.2, 0) is 14.3 Å². The minimum Gasteiger partial charge on any atom is -0.394 e. The molecule has 2 heterocycles. The summed E-state index contributed by atoms with van der Waals surface area (Å²) in [5.41, 5.74) is -0.673. The van der Waals surface area contributed by atoms with Crippen LogP contribution in [0.2, 0.25) is 0 Å². The second kappa shape index (κ2) is 6.86. The zero-order valence-electron chi connectivity index (χ0n) is 12.4. The summed E-state index contributed by atoms with van der Waals surface area (Å²) in [6, 6.07) is 0. The van der Waals surface area contributed by atoms with Gasteiger partial charge in [-0.05, 0) is 6.92 Å². The van der Waals surface area contributed by atoms with Gasteiger partial charge in [-0.1, -0.05) is 0 Å². The first kappa shape index (κ1) is 16.4. The fourth-order valence-electron chi connectivity index (χ4n) is 2.27. The molecule has 22 heavy (non-hydrogen) atoms. The maximum absolute atomic E-state index is 11.9. The lowest BCUT2D eigenvalue weighted by Crippen LogP contribution is -2.33. The third-order valence-corrected chi connectivity index (χ3v) is 3.52. The van der Waals surface area contributed by atoms with Crippen molar-refractivity contribution in [3.8, 4) is 0 Å². The van der Waals surface area contributed by atoms with Crippen LogP contribution in [0.1, 0.15) is 18.2 Å². The fraction of sp³-hybridized carbons (Fsp3) is 0.615. The number of hydrogen-bond acceptors (Lipinski definition) is 6. The Labute approximate surface area is 125 Å². The van der Waals surface area contributed by atoms with Gasteiger partial charge in [-0.2, -0.15) is 0 Å². The molecule has 1 aromatic rings. The van der Waals surface area contributed by atoms with E-state index in [0.717, 1.165) is 0 Å². The molecule has 0 saturated carbocycles. The van der Waals surface area contributed by atoms with E-state index in [0.29, 0.717) is 5.56 Å². The van der Waals surface area contributed by atoms with Gasteiger partial charge in [0.05, 0.1) is 12.7 Å².